The van der Waals surface area contributed by atoms with Crippen molar-refractivity contribution in [3.8, 4) is 37.6 Å². The monoisotopic (exact) mass is 558 g/mol. The Morgan fingerprint density at radius 1 is 0.684 bits per heavy atom. The molecule has 0 aromatic heterocycles. The second kappa shape index (κ2) is 46.6. The van der Waals surface area contributed by atoms with Crippen molar-refractivity contribution in [2.75, 3.05) is 47.8 Å². The molecule has 0 bridgehead atoms. The molecule has 38 heavy (non-hydrogen) atoms. The quantitative estimate of drug-likeness (QED) is 0.107. The fourth-order valence-corrected chi connectivity index (χ4v) is 0.974. The Balaban J connectivity index is -0.0000000700. The number of aliphatic hydroxyl groups is 3. The summed E-state index contributed by atoms with van der Waals surface area (Å²) < 4.78 is 14.0. The molecule has 0 aliphatic heterocycles. The molecule has 0 rings (SSSR count). The molecule has 0 saturated carbocycles. The number of esters is 3. The molecule has 0 aromatic carbocycles. The highest BCUT2D eigenvalue weighted by atomic mass is 17.2. The van der Waals surface area contributed by atoms with Crippen LogP contribution in [-0.2, 0) is 57.9 Å². The van der Waals surface area contributed by atoms with Crippen LogP contribution in [0, 0.1) is 37.6 Å². The van der Waals surface area contributed by atoms with Crippen LogP contribution in [0.1, 0.15) is 35.6 Å². The Morgan fingerprint density at radius 3 is 1.08 bits per heavy atom. The summed E-state index contributed by atoms with van der Waals surface area (Å²) in [6.07, 6.45) is 17.3. The first kappa shape index (κ1) is 51.0. The van der Waals surface area contributed by atoms with Crippen LogP contribution in [0.3, 0.4) is 0 Å². The second-order valence-corrected chi connectivity index (χ2v) is 4.96. The van der Waals surface area contributed by atoms with Gasteiger partial charge in [0, 0.05) is 20.8 Å². The molecule has 0 aliphatic rings. The number of ether oxygens (including phenoxy) is 3. The lowest BCUT2D eigenvalue weighted by Crippen LogP contribution is -2.29. The van der Waals surface area contributed by atoms with Crippen LogP contribution in [0.2, 0.25) is 0 Å². The third kappa shape index (κ3) is 76.8. The maximum Gasteiger partial charge on any atom is 0.303 e. The van der Waals surface area contributed by atoms with Gasteiger partial charge >= 0.3 is 17.9 Å². The molecule has 15 nitrogen and oxygen atoms in total. The van der Waals surface area contributed by atoms with Gasteiger partial charge in [0.05, 0.1) is 34.5 Å². The summed E-state index contributed by atoms with van der Waals surface area (Å²) in [5.41, 5.74) is 0. The van der Waals surface area contributed by atoms with Crippen LogP contribution in [0.4, 0.5) is 0 Å². The first-order chi connectivity index (χ1) is 17.0. The van der Waals surface area contributed by atoms with Gasteiger partial charge in [0.25, 0.3) is 0 Å². The van der Waals surface area contributed by atoms with E-state index in [1.54, 1.807) is 18.3 Å². The van der Waals surface area contributed by atoms with E-state index in [1.807, 2.05) is 0 Å². The number of carbonyl (C=O) groups is 3. The zero-order valence-electron chi connectivity index (χ0n) is 21.0. The molecule has 0 saturated heterocycles. The number of aliphatic hydroxyl groups excluding tert-OH is 3. The van der Waals surface area contributed by atoms with Gasteiger partial charge in [0.1, 0.15) is 19.3 Å². The largest absolute Gasteiger partial charge is 0.462 e. The maximum atomic E-state index is 10.6. The summed E-state index contributed by atoms with van der Waals surface area (Å²) in [5, 5.41) is 24.0. The smallest absolute Gasteiger partial charge is 0.303 e. The van der Waals surface area contributed by atoms with Gasteiger partial charge in [-0.3, -0.25) is 29.0 Å². The number of hydrogen-bond acceptors (Lipinski definition) is 15. The van der Waals surface area contributed by atoms with Crippen molar-refractivity contribution in [1.29, 1.82) is 0 Å². The molecule has 0 unspecified atom stereocenters. The van der Waals surface area contributed by atoms with Gasteiger partial charge in [-0.15, -0.1) is 0 Å². The van der Waals surface area contributed by atoms with Gasteiger partial charge in [-0.2, -0.15) is 14.7 Å². The molecular formula is C23H42O15. The number of terminal acetylenes is 3. The standard InChI is InChI=1S/C9H14O6.C3H8O3.3C3H4O2.2CH4/c1-6(10)13-4-9(15-8(3)12)5-14-7(2)11;4-1-3(6)2-5;3*1-3-5-4-2;;/h9H,4-5H2,1-3H3;3-6H,1-2H2;3*1H,2H3;2*1H4. The highest BCUT2D eigenvalue weighted by molar-refractivity contribution is 5.67. The Kier molecular flexibility index (Phi) is 62.5. The van der Waals surface area contributed by atoms with E-state index in [1.165, 1.54) is 42.1 Å². The van der Waals surface area contributed by atoms with Gasteiger partial charge in [-0.25, -0.2) is 0 Å². The SMILES string of the molecule is C.C.C#COOC.C#COOC.C#COOC.CC(=O)OCC(COC(C)=O)OC(C)=O.OCC(O)CO. The summed E-state index contributed by atoms with van der Waals surface area (Å²) >= 11 is 0. The Hall–Kier alpha value is -3.75. The highest BCUT2D eigenvalue weighted by Gasteiger charge is 2.15. The fraction of sp³-hybridized carbons (Fsp3) is 0.609. The van der Waals surface area contributed by atoms with E-state index < -0.39 is 30.1 Å². The molecule has 0 amide bonds. The minimum Gasteiger partial charge on any atom is -0.462 e. The first-order valence-corrected chi connectivity index (χ1v) is 9.26. The van der Waals surface area contributed by atoms with Crippen LogP contribution in [0.25, 0.3) is 0 Å². The Bertz CT molecular complexity index is 572. The van der Waals surface area contributed by atoms with Crippen molar-refractivity contribution in [2.24, 2.45) is 0 Å². The van der Waals surface area contributed by atoms with E-state index in [0.29, 0.717) is 0 Å². The zero-order valence-corrected chi connectivity index (χ0v) is 21.0. The van der Waals surface area contributed by atoms with Crippen molar-refractivity contribution in [3.63, 3.8) is 0 Å². The molecule has 0 fully saturated rings. The molecule has 0 atom stereocenters. The molecule has 0 aromatic rings. The van der Waals surface area contributed by atoms with Crippen LogP contribution in [0.5, 0.6) is 0 Å². The molecule has 0 radical (unpaired) electrons. The average Bonchev–Trinajstić information content (AvgIpc) is 2.83. The minimum absolute atomic E-state index is 0. The van der Waals surface area contributed by atoms with Crippen LogP contribution in [0.15, 0.2) is 0 Å². The van der Waals surface area contributed by atoms with Gasteiger partial charge in [0.2, 0.25) is 0 Å². The Morgan fingerprint density at radius 2 is 0.974 bits per heavy atom. The van der Waals surface area contributed by atoms with Crippen LogP contribution in [-0.4, -0.2) is 93.2 Å². The lowest BCUT2D eigenvalue weighted by molar-refractivity contribution is -0.209. The maximum absolute atomic E-state index is 10.6. The van der Waals surface area contributed by atoms with Crippen molar-refractivity contribution in [1.82, 2.24) is 0 Å². The van der Waals surface area contributed by atoms with E-state index in [0.717, 1.165) is 0 Å². The van der Waals surface area contributed by atoms with E-state index in [2.05, 4.69) is 58.1 Å². The molecule has 0 spiro atoms. The number of rotatable bonds is 10. The summed E-state index contributed by atoms with van der Waals surface area (Å²) in [6.45, 7) is 2.71. The van der Waals surface area contributed by atoms with E-state index >= 15 is 0 Å². The molecular weight excluding hydrogens is 516 g/mol. The predicted octanol–water partition coefficient (Wildman–Crippen LogP) is 0.114. The summed E-state index contributed by atoms with van der Waals surface area (Å²) in [4.78, 5) is 55.1. The Labute approximate surface area is 224 Å². The average molecular weight is 559 g/mol. The minimum atomic E-state index is -0.954. The normalized spacial score (nSPS) is 7.58. The molecule has 0 heterocycles. The van der Waals surface area contributed by atoms with Crippen molar-refractivity contribution < 1.29 is 73.2 Å². The number of hydrogen-bond donors (Lipinski definition) is 3. The fourth-order valence-electron chi connectivity index (χ4n) is 0.974. The number of carbonyl (C=O) groups excluding carboxylic acids is 3. The topological polar surface area (TPSA) is 195 Å². The van der Waals surface area contributed by atoms with Gasteiger partial charge < -0.3 is 29.5 Å². The van der Waals surface area contributed by atoms with Gasteiger partial charge in [-0.05, 0) is 0 Å². The summed E-state index contributed by atoms with van der Waals surface area (Å²) in [6, 6.07) is 0. The van der Waals surface area contributed by atoms with Crippen LogP contribution < -0.4 is 0 Å². The first-order valence-electron chi connectivity index (χ1n) is 9.26. The van der Waals surface area contributed by atoms with E-state index in [9.17, 15) is 14.4 Å². The van der Waals surface area contributed by atoms with Crippen molar-refractivity contribution >= 4 is 17.9 Å². The molecule has 0 aliphatic carbocycles. The second-order valence-electron chi connectivity index (χ2n) is 4.96. The summed E-state index contributed by atoms with van der Waals surface area (Å²) in [7, 11) is 4.04. The molecule has 3 N–H and O–H groups in total. The van der Waals surface area contributed by atoms with Crippen molar-refractivity contribution in [2.45, 2.75) is 47.8 Å². The zero-order chi connectivity index (χ0) is 29.2. The van der Waals surface area contributed by atoms with E-state index in [4.69, 9.17) is 20.1 Å². The molecule has 15 heteroatoms. The highest BCUT2D eigenvalue weighted by Crippen LogP contribution is 1.97. The lowest BCUT2D eigenvalue weighted by atomic mass is 10.4. The van der Waals surface area contributed by atoms with E-state index in [-0.39, 0.29) is 41.3 Å². The van der Waals surface area contributed by atoms with Gasteiger partial charge in [0.15, 0.2) is 24.4 Å². The van der Waals surface area contributed by atoms with Crippen molar-refractivity contribution in [3.05, 3.63) is 0 Å². The third-order valence-electron chi connectivity index (χ3n) is 2.09. The van der Waals surface area contributed by atoms with Crippen LogP contribution >= 0.6 is 0 Å². The lowest BCUT2D eigenvalue weighted by Gasteiger charge is -2.15. The predicted molar refractivity (Wildman–Crippen MR) is 133 cm³/mol. The molecule has 224 valence electrons. The summed E-state index contributed by atoms with van der Waals surface area (Å²) in [5.74, 6) is -1.51. The van der Waals surface area contributed by atoms with Gasteiger partial charge in [-0.1, -0.05) is 34.1 Å². The third-order valence-corrected chi connectivity index (χ3v) is 2.09.